The number of aromatic amines is 1. The third kappa shape index (κ3) is 1.96. The highest BCUT2D eigenvalue weighted by Crippen LogP contribution is 2.20. The molecule has 0 bridgehead atoms. The summed E-state index contributed by atoms with van der Waals surface area (Å²) in [5.74, 6) is 0. The molecule has 0 aliphatic carbocycles. The van der Waals surface area contributed by atoms with E-state index in [4.69, 9.17) is 11.6 Å². The van der Waals surface area contributed by atoms with Crippen LogP contribution in [0.25, 0.3) is 16.7 Å². The molecule has 2 heterocycles. The highest BCUT2D eigenvalue weighted by atomic mass is 35.5. The topological polar surface area (TPSA) is 55.6 Å². The fourth-order valence-electron chi connectivity index (χ4n) is 2.06. The lowest BCUT2D eigenvalue weighted by molar-refractivity contribution is 0.532. The number of hydrogen-bond acceptors (Lipinski definition) is 2. The minimum absolute atomic E-state index is 0.194. The number of nitrogens with zero attached hydrogens (tertiary/aromatic N) is 3. The molecule has 19 heavy (non-hydrogen) atoms. The summed E-state index contributed by atoms with van der Waals surface area (Å²) < 4.78 is 3.39. The average molecular weight is 277 g/mol. The number of nitrogens with one attached hydrogen (secondary N) is 1. The number of H-pyrrole nitrogens is 1. The monoisotopic (exact) mass is 276 g/mol. The average Bonchev–Trinajstić information content (AvgIpc) is 2.92. The van der Waals surface area contributed by atoms with Crippen molar-refractivity contribution in [3.8, 4) is 5.69 Å². The van der Waals surface area contributed by atoms with E-state index in [1.165, 1.54) is 0 Å². The Bertz CT molecular complexity index is 796. The molecule has 3 aromatic rings. The highest BCUT2D eigenvalue weighted by Gasteiger charge is 2.11. The molecule has 0 amide bonds. The van der Waals surface area contributed by atoms with E-state index >= 15 is 0 Å². The molecule has 0 aliphatic heterocycles. The summed E-state index contributed by atoms with van der Waals surface area (Å²) >= 11 is 5.99. The Morgan fingerprint density at radius 1 is 1.37 bits per heavy atom. The van der Waals surface area contributed by atoms with Crippen LogP contribution in [0.2, 0.25) is 5.02 Å². The maximum absolute atomic E-state index is 12.1. The number of halogens is 1. The van der Waals surface area contributed by atoms with Gasteiger partial charge in [-0.15, -0.1) is 0 Å². The Morgan fingerprint density at radius 3 is 2.84 bits per heavy atom. The Morgan fingerprint density at radius 2 is 2.16 bits per heavy atom. The van der Waals surface area contributed by atoms with Gasteiger partial charge in [0.05, 0.1) is 22.9 Å². The maximum atomic E-state index is 12.1. The van der Waals surface area contributed by atoms with Crippen LogP contribution in [0.1, 0.15) is 19.9 Å². The molecule has 0 saturated heterocycles. The third-order valence-corrected chi connectivity index (χ3v) is 3.26. The number of aromatic nitrogens is 4. The zero-order chi connectivity index (χ0) is 13.6. The minimum atomic E-state index is -0.194. The number of hydrogen-bond donors (Lipinski definition) is 1. The van der Waals surface area contributed by atoms with E-state index in [9.17, 15) is 4.79 Å². The van der Waals surface area contributed by atoms with Gasteiger partial charge in [-0.25, -0.2) is 4.79 Å². The van der Waals surface area contributed by atoms with Crippen LogP contribution in [-0.2, 0) is 0 Å². The van der Waals surface area contributed by atoms with Crippen LogP contribution in [-0.4, -0.2) is 19.3 Å². The van der Waals surface area contributed by atoms with Crippen LogP contribution >= 0.6 is 11.6 Å². The molecular weight excluding hydrogens is 264 g/mol. The van der Waals surface area contributed by atoms with Crippen LogP contribution in [0.15, 0.2) is 35.4 Å². The van der Waals surface area contributed by atoms with Crippen molar-refractivity contribution in [1.29, 1.82) is 0 Å². The molecule has 3 rings (SSSR count). The van der Waals surface area contributed by atoms with Gasteiger partial charge in [-0.1, -0.05) is 11.6 Å². The van der Waals surface area contributed by atoms with Gasteiger partial charge in [-0.3, -0.25) is 9.25 Å². The molecule has 6 heteroatoms. The molecule has 0 unspecified atom stereocenters. The summed E-state index contributed by atoms with van der Waals surface area (Å²) in [7, 11) is 0. The second kappa shape index (κ2) is 4.28. The molecule has 0 spiro atoms. The molecule has 0 radical (unpaired) electrons. The summed E-state index contributed by atoms with van der Waals surface area (Å²) in [6, 6.07) is 5.56. The molecule has 1 N–H and O–H groups in total. The predicted molar refractivity (Wildman–Crippen MR) is 75.1 cm³/mol. The van der Waals surface area contributed by atoms with E-state index in [-0.39, 0.29) is 11.7 Å². The third-order valence-electron chi connectivity index (χ3n) is 3.02. The fraction of sp³-hybridized carbons (Fsp3) is 0.231. The van der Waals surface area contributed by atoms with Gasteiger partial charge < -0.3 is 4.98 Å². The number of imidazole rings is 1. The molecule has 0 saturated carbocycles. The lowest BCUT2D eigenvalue weighted by Gasteiger charge is -2.03. The molecule has 1 aromatic carbocycles. The molecule has 98 valence electrons. The Kier molecular flexibility index (Phi) is 2.71. The van der Waals surface area contributed by atoms with Crippen LogP contribution in [0.5, 0.6) is 0 Å². The number of rotatable bonds is 2. The highest BCUT2D eigenvalue weighted by molar-refractivity contribution is 6.31. The molecule has 0 atom stereocenters. The summed E-state index contributed by atoms with van der Waals surface area (Å²) in [5.41, 5.74) is 2.04. The predicted octanol–water partition coefficient (Wildman–Crippen LogP) is 2.75. The van der Waals surface area contributed by atoms with Crippen molar-refractivity contribution in [3.63, 3.8) is 0 Å². The van der Waals surface area contributed by atoms with Gasteiger partial charge in [0.25, 0.3) is 0 Å². The van der Waals surface area contributed by atoms with E-state index in [1.54, 1.807) is 29.0 Å². The molecule has 2 aromatic heterocycles. The van der Waals surface area contributed by atoms with Crippen molar-refractivity contribution < 1.29 is 0 Å². The zero-order valence-corrected chi connectivity index (χ0v) is 11.3. The standard InChI is InChI=1S/C13H13ClN4O/c1-8(2)17-7-10(6-15-17)18-12-5-9(14)3-4-11(12)16-13(18)19/h3-8H,1-2H3,(H,16,19). The Labute approximate surface area is 114 Å². The fourth-order valence-corrected chi connectivity index (χ4v) is 2.22. The van der Waals surface area contributed by atoms with Crippen LogP contribution in [0, 0.1) is 0 Å². The molecule has 0 fully saturated rings. The Hall–Kier alpha value is -2.01. The molecular formula is C13H13ClN4O. The first-order chi connectivity index (χ1) is 9.06. The smallest absolute Gasteiger partial charge is 0.305 e. The van der Waals surface area contributed by atoms with Crippen molar-refractivity contribution in [2.24, 2.45) is 0 Å². The first kappa shape index (κ1) is 12.0. The van der Waals surface area contributed by atoms with Crippen LogP contribution < -0.4 is 5.69 Å². The molecule has 5 nitrogen and oxygen atoms in total. The van der Waals surface area contributed by atoms with Gasteiger partial charge in [0.1, 0.15) is 0 Å². The Balaban J connectivity index is 2.26. The normalized spacial score (nSPS) is 11.6. The second-order valence-corrected chi connectivity index (χ2v) is 5.14. The van der Waals surface area contributed by atoms with E-state index in [0.29, 0.717) is 5.02 Å². The van der Waals surface area contributed by atoms with Gasteiger partial charge in [-0.05, 0) is 32.0 Å². The van der Waals surface area contributed by atoms with Gasteiger partial charge >= 0.3 is 5.69 Å². The summed E-state index contributed by atoms with van der Waals surface area (Å²) in [4.78, 5) is 14.9. The van der Waals surface area contributed by atoms with Gasteiger partial charge in [0.2, 0.25) is 0 Å². The SMILES string of the molecule is CC(C)n1cc(-n2c(=O)[nH]c3ccc(Cl)cc32)cn1. The minimum Gasteiger partial charge on any atom is -0.305 e. The summed E-state index contributed by atoms with van der Waals surface area (Å²) in [6.45, 7) is 4.07. The van der Waals surface area contributed by atoms with Gasteiger partial charge in [0.15, 0.2) is 0 Å². The van der Waals surface area contributed by atoms with E-state index < -0.39 is 0 Å². The van der Waals surface area contributed by atoms with E-state index in [2.05, 4.69) is 10.1 Å². The lowest BCUT2D eigenvalue weighted by atomic mass is 10.3. The van der Waals surface area contributed by atoms with Gasteiger partial charge in [-0.2, -0.15) is 5.10 Å². The lowest BCUT2D eigenvalue weighted by Crippen LogP contribution is -2.14. The first-order valence-electron chi connectivity index (χ1n) is 6.01. The maximum Gasteiger partial charge on any atom is 0.331 e. The first-order valence-corrected chi connectivity index (χ1v) is 6.39. The van der Waals surface area contributed by atoms with Crippen molar-refractivity contribution in [1.82, 2.24) is 19.3 Å². The second-order valence-electron chi connectivity index (χ2n) is 4.70. The van der Waals surface area contributed by atoms with Crippen molar-refractivity contribution in [2.75, 3.05) is 0 Å². The van der Waals surface area contributed by atoms with Crippen molar-refractivity contribution in [3.05, 3.63) is 46.1 Å². The quantitative estimate of drug-likeness (QED) is 0.782. The van der Waals surface area contributed by atoms with E-state index in [1.807, 2.05) is 24.7 Å². The number of benzene rings is 1. The van der Waals surface area contributed by atoms with Gasteiger partial charge in [0, 0.05) is 17.3 Å². The van der Waals surface area contributed by atoms with Crippen LogP contribution in [0.3, 0.4) is 0 Å². The summed E-state index contributed by atoms with van der Waals surface area (Å²) in [6.07, 6.45) is 3.52. The number of fused-ring (bicyclic) bond motifs is 1. The molecule has 0 aliphatic rings. The van der Waals surface area contributed by atoms with Crippen molar-refractivity contribution >= 4 is 22.6 Å². The zero-order valence-electron chi connectivity index (χ0n) is 10.6. The van der Waals surface area contributed by atoms with Crippen LogP contribution in [0.4, 0.5) is 0 Å². The van der Waals surface area contributed by atoms with E-state index in [0.717, 1.165) is 16.7 Å². The summed E-state index contributed by atoms with van der Waals surface area (Å²) in [5, 5.41) is 4.85. The largest absolute Gasteiger partial charge is 0.331 e. The van der Waals surface area contributed by atoms with Crippen molar-refractivity contribution in [2.45, 2.75) is 19.9 Å².